The molecule has 6 heteroatoms. The second-order valence-electron chi connectivity index (χ2n) is 3.34. The molecule has 0 aliphatic heterocycles. The average Bonchev–Trinajstić information content (AvgIpc) is 2.55. The highest BCUT2D eigenvalue weighted by Crippen LogP contribution is 2.27. The number of rotatable bonds is 4. The minimum Gasteiger partial charge on any atom is -0.480 e. The summed E-state index contributed by atoms with van der Waals surface area (Å²) in [5.74, 6) is -1.35. The van der Waals surface area contributed by atoms with Gasteiger partial charge in [-0.25, -0.2) is 4.79 Å². The number of nitrogens with one attached hydrogen (secondary N) is 1. The average molecular weight is 306 g/mol. The number of halogens is 1. The molecule has 4 nitrogen and oxygen atoms in total. The smallest absolute Gasteiger partial charge is 0.326 e. The van der Waals surface area contributed by atoms with Gasteiger partial charge in [0.15, 0.2) is 0 Å². The van der Waals surface area contributed by atoms with E-state index in [1.807, 2.05) is 6.92 Å². The maximum atomic E-state index is 11.7. The van der Waals surface area contributed by atoms with Gasteiger partial charge in [-0.15, -0.1) is 11.3 Å². The largest absolute Gasteiger partial charge is 0.480 e. The Bertz CT molecular complexity index is 397. The minimum atomic E-state index is -1.01. The van der Waals surface area contributed by atoms with E-state index in [9.17, 15) is 9.59 Å². The van der Waals surface area contributed by atoms with E-state index in [4.69, 9.17) is 5.11 Å². The van der Waals surface area contributed by atoms with Crippen LogP contribution in [0.5, 0.6) is 0 Å². The van der Waals surface area contributed by atoms with Crippen molar-refractivity contribution in [1.29, 1.82) is 0 Å². The number of aliphatic carboxylic acids is 1. The lowest BCUT2D eigenvalue weighted by Crippen LogP contribution is -2.39. The molecule has 0 saturated carbocycles. The highest BCUT2D eigenvalue weighted by atomic mass is 79.9. The molecule has 0 bridgehead atoms. The van der Waals surface area contributed by atoms with E-state index in [1.165, 1.54) is 11.3 Å². The molecule has 0 spiro atoms. The van der Waals surface area contributed by atoms with Crippen LogP contribution in [0, 0.1) is 6.92 Å². The van der Waals surface area contributed by atoms with Gasteiger partial charge in [-0.1, -0.05) is 6.92 Å². The molecule has 1 rings (SSSR count). The van der Waals surface area contributed by atoms with Gasteiger partial charge in [0.05, 0.1) is 8.66 Å². The molecule has 0 aliphatic rings. The summed E-state index contributed by atoms with van der Waals surface area (Å²) in [4.78, 5) is 23.0. The predicted molar refractivity (Wildman–Crippen MR) is 65.9 cm³/mol. The number of hydrogen-bond acceptors (Lipinski definition) is 3. The molecule has 1 atom stereocenters. The Balaban J connectivity index is 2.75. The summed E-state index contributed by atoms with van der Waals surface area (Å²) < 4.78 is 0.890. The molecule has 88 valence electrons. The maximum absolute atomic E-state index is 11.7. The number of carboxylic acids is 1. The summed E-state index contributed by atoms with van der Waals surface area (Å²) in [7, 11) is 0. The molecule has 0 radical (unpaired) electrons. The van der Waals surface area contributed by atoms with Crippen molar-refractivity contribution in [2.75, 3.05) is 0 Å². The molecule has 0 aromatic carbocycles. The van der Waals surface area contributed by atoms with Crippen molar-refractivity contribution < 1.29 is 14.7 Å². The number of hydrogen-bond donors (Lipinski definition) is 2. The Morgan fingerprint density at radius 1 is 1.62 bits per heavy atom. The van der Waals surface area contributed by atoms with Gasteiger partial charge in [-0.2, -0.15) is 0 Å². The number of carbonyl (C=O) groups is 2. The zero-order valence-electron chi connectivity index (χ0n) is 8.91. The molecule has 1 heterocycles. The number of aryl methyl sites for hydroxylation is 1. The second-order valence-corrected chi connectivity index (χ2v) is 5.71. The summed E-state index contributed by atoms with van der Waals surface area (Å²) in [6.07, 6.45) is 0.368. The summed E-state index contributed by atoms with van der Waals surface area (Å²) in [5, 5.41) is 11.3. The van der Waals surface area contributed by atoms with Crippen LogP contribution in [0.25, 0.3) is 0 Å². The molecule has 0 saturated heterocycles. The molecule has 0 unspecified atom stereocenters. The third kappa shape index (κ3) is 3.05. The SMILES string of the molecule is CC[C@H](NC(=O)c1cc(C)c(Br)s1)C(=O)O. The van der Waals surface area contributed by atoms with Gasteiger partial charge in [-0.3, -0.25) is 4.79 Å². The zero-order valence-corrected chi connectivity index (χ0v) is 11.3. The van der Waals surface area contributed by atoms with Gasteiger partial charge in [0.1, 0.15) is 6.04 Å². The van der Waals surface area contributed by atoms with Crippen molar-refractivity contribution >= 4 is 39.1 Å². The van der Waals surface area contributed by atoms with Crippen LogP contribution >= 0.6 is 27.3 Å². The standard InChI is InChI=1S/C10H12BrNO3S/c1-3-6(10(14)15)12-9(13)7-4-5(2)8(11)16-7/h4,6H,3H2,1-2H3,(H,12,13)(H,14,15)/t6-/m0/s1. The lowest BCUT2D eigenvalue weighted by molar-refractivity contribution is -0.139. The first-order valence-corrected chi connectivity index (χ1v) is 6.36. The molecule has 16 heavy (non-hydrogen) atoms. The second kappa shape index (κ2) is 5.45. The van der Waals surface area contributed by atoms with Gasteiger partial charge in [0.25, 0.3) is 5.91 Å². The lowest BCUT2D eigenvalue weighted by Gasteiger charge is -2.10. The van der Waals surface area contributed by atoms with Crippen LogP contribution < -0.4 is 5.32 Å². The monoisotopic (exact) mass is 305 g/mol. The van der Waals surface area contributed by atoms with Gasteiger partial charge >= 0.3 is 5.97 Å². The van der Waals surface area contributed by atoms with Crippen molar-refractivity contribution in [3.05, 3.63) is 20.3 Å². The Hall–Kier alpha value is -0.880. The highest BCUT2D eigenvalue weighted by Gasteiger charge is 2.19. The van der Waals surface area contributed by atoms with Crippen LogP contribution in [0.4, 0.5) is 0 Å². The first-order valence-electron chi connectivity index (χ1n) is 4.75. The van der Waals surface area contributed by atoms with E-state index in [0.29, 0.717) is 11.3 Å². The quantitative estimate of drug-likeness (QED) is 0.897. The van der Waals surface area contributed by atoms with E-state index in [-0.39, 0.29) is 5.91 Å². The third-order valence-electron chi connectivity index (χ3n) is 2.09. The molecular formula is C10H12BrNO3S. The van der Waals surface area contributed by atoms with E-state index in [0.717, 1.165) is 9.35 Å². The highest BCUT2D eigenvalue weighted by molar-refractivity contribution is 9.11. The first-order chi connectivity index (χ1) is 7.45. The Kier molecular flexibility index (Phi) is 4.49. The Morgan fingerprint density at radius 2 is 2.25 bits per heavy atom. The van der Waals surface area contributed by atoms with E-state index in [1.54, 1.807) is 13.0 Å². The summed E-state index contributed by atoms with van der Waals surface area (Å²) in [6.45, 7) is 3.60. The molecule has 0 aliphatic carbocycles. The number of carbonyl (C=O) groups excluding carboxylic acids is 1. The van der Waals surface area contributed by atoms with Crippen LogP contribution in [-0.4, -0.2) is 23.0 Å². The van der Waals surface area contributed by atoms with Crippen molar-refractivity contribution in [2.45, 2.75) is 26.3 Å². The van der Waals surface area contributed by atoms with Crippen LogP contribution in [0.3, 0.4) is 0 Å². The summed E-state index contributed by atoms with van der Waals surface area (Å²) in [5.41, 5.74) is 0.971. The van der Waals surface area contributed by atoms with E-state index < -0.39 is 12.0 Å². The van der Waals surface area contributed by atoms with E-state index >= 15 is 0 Å². The lowest BCUT2D eigenvalue weighted by atomic mass is 10.2. The predicted octanol–water partition coefficient (Wildman–Crippen LogP) is 2.41. The Labute approximate surface area is 106 Å². The number of amides is 1. The molecular weight excluding hydrogens is 294 g/mol. The van der Waals surface area contributed by atoms with Crippen molar-refractivity contribution in [1.82, 2.24) is 5.32 Å². The van der Waals surface area contributed by atoms with Crippen molar-refractivity contribution in [3.8, 4) is 0 Å². The number of thiophene rings is 1. The fourth-order valence-corrected chi connectivity index (χ4v) is 2.58. The Morgan fingerprint density at radius 3 is 2.62 bits per heavy atom. The number of carboxylic acid groups (broad SMARTS) is 1. The third-order valence-corrected chi connectivity index (χ3v) is 4.23. The fraction of sp³-hybridized carbons (Fsp3) is 0.400. The van der Waals surface area contributed by atoms with E-state index in [2.05, 4.69) is 21.2 Å². The molecule has 1 amide bonds. The summed E-state index contributed by atoms with van der Waals surface area (Å²) >= 11 is 4.62. The molecule has 1 aromatic heterocycles. The molecule has 0 fully saturated rings. The van der Waals surface area contributed by atoms with Crippen molar-refractivity contribution in [2.24, 2.45) is 0 Å². The first kappa shape index (κ1) is 13.2. The van der Waals surface area contributed by atoms with Crippen LogP contribution in [0.1, 0.15) is 28.6 Å². The molecule has 2 N–H and O–H groups in total. The zero-order chi connectivity index (χ0) is 12.3. The normalized spacial score (nSPS) is 12.2. The van der Waals surface area contributed by atoms with Crippen molar-refractivity contribution in [3.63, 3.8) is 0 Å². The topological polar surface area (TPSA) is 66.4 Å². The van der Waals surface area contributed by atoms with Gasteiger partial charge in [0.2, 0.25) is 0 Å². The van der Waals surface area contributed by atoms with Gasteiger partial charge < -0.3 is 10.4 Å². The van der Waals surface area contributed by atoms with Gasteiger partial charge in [-0.05, 0) is 40.9 Å². The maximum Gasteiger partial charge on any atom is 0.326 e. The minimum absolute atomic E-state index is 0.340. The molecule has 1 aromatic rings. The van der Waals surface area contributed by atoms with Crippen LogP contribution in [-0.2, 0) is 4.79 Å². The van der Waals surface area contributed by atoms with Gasteiger partial charge in [0, 0.05) is 0 Å². The fourth-order valence-electron chi connectivity index (χ4n) is 1.14. The van der Waals surface area contributed by atoms with Crippen LogP contribution in [0.2, 0.25) is 0 Å². The van der Waals surface area contributed by atoms with Crippen LogP contribution in [0.15, 0.2) is 9.85 Å². The summed E-state index contributed by atoms with van der Waals surface area (Å²) in [6, 6.07) is 0.909.